The quantitative estimate of drug-likeness (QED) is 0.513. The molecule has 1 saturated carbocycles. The number of fused-ring (bicyclic) bond motifs is 1. The first-order valence-electron chi connectivity index (χ1n) is 8.23. The van der Waals surface area contributed by atoms with E-state index in [1.165, 1.54) is 0 Å². The zero-order valence-corrected chi connectivity index (χ0v) is 13.6. The van der Waals surface area contributed by atoms with Crippen LogP contribution in [0.4, 0.5) is 5.95 Å². The van der Waals surface area contributed by atoms with Crippen molar-refractivity contribution in [2.75, 3.05) is 5.32 Å². The van der Waals surface area contributed by atoms with Crippen molar-refractivity contribution in [2.24, 2.45) is 0 Å². The lowest BCUT2D eigenvalue weighted by Crippen LogP contribution is -2.19. The van der Waals surface area contributed by atoms with E-state index in [1.807, 2.05) is 0 Å². The molecule has 4 heterocycles. The fourth-order valence-electron chi connectivity index (χ4n) is 2.79. The normalized spacial score (nSPS) is 18.7. The summed E-state index contributed by atoms with van der Waals surface area (Å²) in [5, 5.41) is 9.97. The summed E-state index contributed by atoms with van der Waals surface area (Å²) < 4.78 is 3.31. The van der Waals surface area contributed by atoms with Crippen molar-refractivity contribution in [3.05, 3.63) is 36.1 Å². The van der Waals surface area contributed by atoms with Crippen LogP contribution in [0.1, 0.15) is 24.8 Å². The number of rotatable bonds is 4. The van der Waals surface area contributed by atoms with Crippen LogP contribution >= 0.6 is 0 Å². The highest BCUT2D eigenvalue weighted by Gasteiger charge is 2.26. The van der Waals surface area contributed by atoms with Crippen LogP contribution in [0, 0.1) is 0 Å². The van der Waals surface area contributed by atoms with Crippen molar-refractivity contribution in [1.82, 2.24) is 34.4 Å². The van der Waals surface area contributed by atoms with Crippen molar-refractivity contribution >= 4 is 29.5 Å². The molecule has 5 rings (SSSR count). The number of amides is 2. The number of carbonyl (C=O) groups excluding carboxylic acids is 2. The van der Waals surface area contributed by atoms with Crippen molar-refractivity contribution in [1.29, 1.82) is 0 Å². The van der Waals surface area contributed by atoms with Crippen LogP contribution in [0.15, 0.2) is 30.5 Å². The molecule has 0 aromatic carbocycles. The van der Waals surface area contributed by atoms with E-state index in [-0.39, 0.29) is 18.2 Å². The molecule has 0 bridgehead atoms. The maximum atomic E-state index is 11.8. The van der Waals surface area contributed by atoms with E-state index in [0.717, 1.165) is 12.8 Å². The molecule has 10 heteroatoms. The van der Waals surface area contributed by atoms with Gasteiger partial charge in [-0.2, -0.15) is 19.6 Å². The summed E-state index contributed by atoms with van der Waals surface area (Å²) in [5.41, 5.74) is 1.59. The van der Waals surface area contributed by atoms with E-state index < -0.39 is 0 Å². The van der Waals surface area contributed by atoms with E-state index in [1.54, 1.807) is 40.1 Å². The molecule has 1 aliphatic carbocycles. The Morgan fingerprint density at radius 2 is 2.15 bits per heavy atom. The molecule has 130 valence electrons. The van der Waals surface area contributed by atoms with Crippen LogP contribution in [-0.2, 0) is 9.59 Å². The largest absolute Gasteiger partial charge is 0.351 e. The number of carbonyl (C=O) groups is 2. The van der Waals surface area contributed by atoms with Gasteiger partial charge in [0.1, 0.15) is 6.33 Å². The van der Waals surface area contributed by atoms with E-state index in [4.69, 9.17) is 0 Å². The highest BCUT2D eigenvalue weighted by Crippen LogP contribution is 2.26. The predicted octanol–water partition coefficient (Wildman–Crippen LogP) is 0.314. The number of nitrogens with zero attached hydrogens (tertiary/aromatic N) is 6. The molecule has 3 aromatic rings. The Balaban J connectivity index is 1.65. The lowest BCUT2D eigenvalue weighted by atomic mass is 10.1. The smallest absolute Gasteiger partial charge is 0.254 e. The molecule has 0 atom stereocenters. The minimum atomic E-state index is -0.380. The van der Waals surface area contributed by atoms with Crippen LogP contribution < -0.4 is 10.6 Å². The minimum Gasteiger partial charge on any atom is -0.351 e. The van der Waals surface area contributed by atoms with Gasteiger partial charge in [0.25, 0.3) is 5.91 Å². The zero-order valence-electron chi connectivity index (χ0n) is 13.6. The van der Waals surface area contributed by atoms with Crippen molar-refractivity contribution in [2.45, 2.75) is 25.3 Å². The molecule has 2 fully saturated rings. The Labute approximate surface area is 147 Å². The predicted molar refractivity (Wildman–Crippen MR) is 90.3 cm³/mol. The van der Waals surface area contributed by atoms with Crippen molar-refractivity contribution in [3.63, 3.8) is 0 Å². The van der Waals surface area contributed by atoms with E-state index >= 15 is 0 Å². The highest BCUT2D eigenvalue weighted by molar-refractivity contribution is 6.15. The summed E-state index contributed by atoms with van der Waals surface area (Å²) in [6.45, 7) is 0. The first-order chi connectivity index (χ1) is 12.7. The number of aromatic nitrogens is 6. The lowest BCUT2D eigenvalue weighted by molar-refractivity contribution is -0.124. The number of hydrogen-bond acceptors (Lipinski definition) is 7. The first kappa shape index (κ1) is 14.8. The van der Waals surface area contributed by atoms with Gasteiger partial charge in [-0.1, -0.05) is 0 Å². The Hall–Kier alpha value is -3.56. The fourth-order valence-corrected chi connectivity index (χ4v) is 2.79. The molecule has 2 N–H and O–H groups in total. The van der Waals surface area contributed by atoms with Gasteiger partial charge in [-0.25, -0.2) is 4.98 Å². The van der Waals surface area contributed by atoms with E-state index in [9.17, 15) is 9.59 Å². The Bertz CT molecular complexity index is 1060. The van der Waals surface area contributed by atoms with Gasteiger partial charge in [0.2, 0.25) is 17.8 Å². The molecule has 26 heavy (non-hydrogen) atoms. The van der Waals surface area contributed by atoms with Gasteiger partial charge in [-0.3, -0.25) is 19.5 Å². The second-order valence-electron chi connectivity index (χ2n) is 6.29. The molecule has 2 amide bonds. The SMILES string of the molecule is O=C1C/C(=C\c2cnn3c(NC4CC4)nc(-n4ccnc4)nc23)C(=O)N1. The lowest BCUT2D eigenvalue weighted by Gasteiger charge is -2.08. The van der Waals surface area contributed by atoms with Crippen molar-refractivity contribution < 1.29 is 9.59 Å². The van der Waals surface area contributed by atoms with Crippen LogP contribution in [0.25, 0.3) is 17.7 Å². The average Bonchev–Trinajstić information content (AvgIpc) is 3.01. The first-order valence-corrected chi connectivity index (χ1v) is 8.23. The maximum Gasteiger partial charge on any atom is 0.254 e. The highest BCUT2D eigenvalue weighted by atomic mass is 16.2. The minimum absolute atomic E-state index is 0.0583. The number of nitrogens with one attached hydrogen (secondary N) is 2. The van der Waals surface area contributed by atoms with Gasteiger partial charge in [-0.15, -0.1) is 0 Å². The second-order valence-corrected chi connectivity index (χ2v) is 6.29. The van der Waals surface area contributed by atoms with Gasteiger partial charge in [-0.05, 0) is 18.9 Å². The third-order valence-corrected chi connectivity index (χ3v) is 4.25. The van der Waals surface area contributed by atoms with Crippen molar-refractivity contribution in [3.8, 4) is 5.95 Å². The van der Waals surface area contributed by atoms with E-state index in [2.05, 4.69) is 30.7 Å². The maximum absolute atomic E-state index is 11.8. The zero-order chi connectivity index (χ0) is 17.7. The summed E-state index contributed by atoms with van der Waals surface area (Å²) in [6, 6.07) is 0.382. The van der Waals surface area contributed by atoms with Gasteiger partial charge in [0, 0.05) is 29.6 Å². The van der Waals surface area contributed by atoms with Gasteiger partial charge in [0.05, 0.1) is 12.6 Å². The molecule has 10 nitrogen and oxygen atoms in total. The van der Waals surface area contributed by atoms with Crippen LogP contribution in [-0.4, -0.2) is 47.0 Å². The molecular formula is C16H14N8O2. The Morgan fingerprint density at radius 3 is 2.85 bits per heavy atom. The molecule has 3 aromatic heterocycles. The summed E-state index contributed by atoms with van der Waals surface area (Å²) in [6.07, 6.45) is 10.5. The number of imide groups is 1. The summed E-state index contributed by atoms with van der Waals surface area (Å²) in [4.78, 5) is 36.4. The monoisotopic (exact) mass is 350 g/mol. The van der Waals surface area contributed by atoms with Gasteiger partial charge in [0.15, 0.2) is 5.65 Å². The second kappa shape index (κ2) is 5.48. The number of imidazole rings is 1. The third kappa shape index (κ3) is 2.51. The average molecular weight is 350 g/mol. The molecule has 1 aliphatic heterocycles. The van der Waals surface area contributed by atoms with E-state index in [0.29, 0.717) is 34.7 Å². The number of anilines is 1. The summed E-state index contributed by atoms with van der Waals surface area (Å²) >= 11 is 0. The Kier molecular flexibility index (Phi) is 3.11. The summed E-state index contributed by atoms with van der Waals surface area (Å²) in [5.74, 6) is 0.347. The summed E-state index contributed by atoms with van der Waals surface area (Å²) in [7, 11) is 0. The molecular weight excluding hydrogens is 336 g/mol. The van der Waals surface area contributed by atoms with Crippen LogP contribution in [0.3, 0.4) is 0 Å². The Morgan fingerprint density at radius 1 is 1.27 bits per heavy atom. The number of hydrogen-bond donors (Lipinski definition) is 2. The van der Waals surface area contributed by atoms with Gasteiger partial charge >= 0.3 is 0 Å². The van der Waals surface area contributed by atoms with Crippen LogP contribution in [0.2, 0.25) is 0 Å². The fraction of sp³-hybridized carbons (Fsp3) is 0.250. The van der Waals surface area contributed by atoms with Gasteiger partial charge < -0.3 is 5.32 Å². The standard InChI is InChI=1S/C16H14N8O2/c25-12-6-9(14(26)20-12)5-10-7-18-24-13(10)21-15(23-4-3-17-8-23)22-16(24)19-11-1-2-11/h3-5,7-8,11H,1-2,6H2,(H,19,21,22)(H,20,25,26)/b9-5+. The topological polar surface area (TPSA) is 119 Å². The molecule has 0 unspecified atom stereocenters. The molecule has 0 spiro atoms. The third-order valence-electron chi connectivity index (χ3n) is 4.25. The molecule has 2 aliphatic rings. The van der Waals surface area contributed by atoms with Crippen LogP contribution in [0.5, 0.6) is 0 Å². The molecule has 0 radical (unpaired) electrons. The molecule has 1 saturated heterocycles.